The fourth-order valence-corrected chi connectivity index (χ4v) is 2.58. The van der Waals surface area contributed by atoms with Crippen LogP contribution in [0.25, 0.3) is 0 Å². The van der Waals surface area contributed by atoms with Gasteiger partial charge < -0.3 is 10.1 Å². The summed E-state index contributed by atoms with van der Waals surface area (Å²) in [7, 11) is 1.37. The Bertz CT molecular complexity index is 553. The molecular weight excluding hydrogens is 270 g/mol. The zero-order chi connectivity index (χ0) is 13.0. The van der Waals surface area contributed by atoms with Gasteiger partial charge in [0.05, 0.1) is 17.0 Å². The molecule has 1 aromatic heterocycles. The van der Waals surface area contributed by atoms with E-state index >= 15 is 0 Å². The summed E-state index contributed by atoms with van der Waals surface area (Å²) < 4.78 is 5.49. The van der Waals surface area contributed by atoms with E-state index in [0.29, 0.717) is 12.1 Å². The van der Waals surface area contributed by atoms with Crippen LogP contribution in [0.1, 0.15) is 15.2 Å². The highest BCUT2D eigenvalue weighted by atomic mass is 35.5. The van der Waals surface area contributed by atoms with Crippen molar-refractivity contribution in [2.45, 2.75) is 6.54 Å². The maximum atomic E-state index is 11.6. The van der Waals surface area contributed by atoms with Crippen LogP contribution in [-0.2, 0) is 11.3 Å². The number of hydrogen-bond acceptors (Lipinski definition) is 4. The van der Waals surface area contributed by atoms with Crippen LogP contribution in [0.3, 0.4) is 0 Å². The maximum Gasteiger partial charge on any atom is 0.339 e. The highest BCUT2D eigenvalue weighted by Gasteiger charge is 2.10. The van der Waals surface area contributed by atoms with Crippen molar-refractivity contribution in [2.24, 2.45) is 0 Å². The molecule has 0 aliphatic rings. The molecule has 0 aliphatic heterocycles. The summed E-state index contributed by atoms with van der Waals surface area (Å²) >= 11 is 7.38. The molecular formula is C13H12ClNO2S. The minimum atomic E-state index is -0.345. The standard InChI is InChI=1S/C13H12ClNO2S/c1-17-13(16)10-4-2-3-5-11(10)15-8-9-6-7-12(14)18-9/h2-7,15H,8H2,1H3. The summed E-state index contributed by atoms with van der Waals surface area (Å²) in [4.78, 5) is 12.7. The van der Waals surface area contributed by atoms with E-state index in [9.17, 15) is 4.79 Å². The largest absolute Gasteiger partial charge is 0.465 e. The van der Waals surface area contributed by atoms with E-state index in [1.165, 1.54) is 18.4 Å². The maximum absolute atomic E-state index is 11.6. The van der Waals surface area contributed by atoms with Crippen LogP contribution in [0.15, 0.2) is 36.4 Å². The Morgan fingerprint density at radius 1 is 1.33 bits per heavy atom. The lowest BCUT2D eigenvalue weighted by Crippen LogP contribution is -2.07. The van der Waals surface area contributed by atoms with Crippen LogP contribution in [-0.4, -0.2) is 13.1 Å². The fraction of sp³-hybridized carbons (Fsp3) is 0.154. The second kappa shape index (κ2) is 5.89. The Kier molecular flexibility index (Phi) is 4.23. The Balaban J connectivity index is 2.11. The Morgan fingerprint density at radius 2 is 2.11 bits per heavy atom. The van der Waals surface area contributed by atoms with E-state index in [2.05, 4.69) is 5.32 Å². The number of nitrogens with one attached hydrogen (secondary N) is 1. The molecule has 0 spiro atoms. The molecule has 5 heteroatoms. The summed E-state index contributed by atoms with van der Waals surface area (Å²) in [6.07, 6.45) is 0. The highest BCUT2D eigenvalue weighted by molar-refractivity contribution is 7.16. The first-order valence-electron chi connectivity index (χ1n) is 5.36. The van der Waals surface area contributed by atoms with Crippen molar-refractivity contribution >= 4 is 34.6 Å². The second-order valence-electron chi connectivity index (χ2n) is 3.60. The van der Waals surface area contributed by atoms with Crippen LogP contribution in [0.5, 0.6) is 0 Å². The van der Waals surface area contributed by atoms with E-state index in [4.69, 9.17) is 16.3 Å². The van der Waals surface area contributed by atoms with Gasteiger partial charge in [-0.05, 0) is 24.3 Å². The molecule has 1 N–H and O–H groups in total. The number of carbonyl (C=O) groups is 1. The van der Waals surface area contributed by atoms with Crippen LogP contribution < -0.4 is 5.32 Å². The molecule has 0 aliphatic carbocycles. The second-order valence-corrected chi connectivity index (χ2v) is 5.40. The predicted molar refractivity (Wildman–Crippen MR) is 74.4 cm³/mol. The lowest BCUT2D eigenvalue weighted by atomic mass is 10.2. The molecule has 3 nitrogen and oxygen atoms in total. The predicted octanol–water partition coefficient (Wildman–Crippen LogP) is 3.80. The molecule has 0 saturated heterocycles. The summed E-state index contributed by atoms with van der Waals surface area (Å²) in [5.74, 6) is -0.345. The zero-order valence-corrected chi connectivity index (χ0v) is 11.3. The molecule has 94 valence electrons. The van der Waals surface area contributed by atoms with Crippen LogP contribution >= 0.6 is 22.9 Å². The molecule has 2 aromatic rings. The van der Waals surface area contributed by atoms with Gasteiger partial charge in [-0.1, -0.05) is 23.7 Å². The molecule has 0 radical (unpaired) electrons. The quantitative estimate of drug-likeness (QED) is 0.866. The van der Waals surface area contributed by atoms with Crippen molar-refractivity contribution in [2.75, 3.05) is 12.4 Å². The summed E-state index contributed by atoms with van der Waals surface area (Å²) in [5.41, 5.74) is 1.29. The van der Waals surface area contributed by atoms with Gasteiger partial charge in [0.15, 0.2) is 0 Å². The van der Waals surface area contributed by atoms with Gasteiger partial charge in [-0.2, -0.15) is 0 Å². The number of thiophene rings is 1. The van der Waals surface area contributed by atoms with Gasteiger partial charge in [-0.15, -0.1) is 11.3 Å². The van der Waals surface area contributed by atoms with E-state index in [1.807, 2.05) is 24.3 Å². The molecule has 2 rings (SSSR count). The average molecular weight is 282 g/mol. The lowest BCUT2D eigenvalue weighted by Gasteiger charge is -2.09. The molecule has 0 bridgehead atoms. The average Bonchev–Trinajstić information content (AvgIpc) is 2.81. The number of para-hydroxylation sites is 1. The minimum Gasteiger partial charge on any atom is -0.465 e. The summed E-state index contributed by atoms with van der Waals surface area (Å²) in [5, 5.41) is 3.21. The number of hydrogen-bond donors (Lipinski definition) is 1. The van der Waals surface area contributed by atoms with Gasteiger partial charge >= 0.3 is 5.97 Å². The number of carbonyl (C=O) groups excluding carboxylic acids is 1. The Hall–Kier alpha value is -1.52. The molecule has 0 fully saturated rings. The van der Waals surface area contributed by atoms with Crippen LogP contribution in [0.4, 0.5) is 5.69 Å². The third-order valence-electron chi connectivity index (χ3n) is 2.41. The zero-order valence-electron chi connectivity index (χ0n) is 9.77. The number of rotatable bonds is 4. The third-order valence-corrected chi connectivity index (χ3v) is 3.65. The van der Waals surface area contributed by atoms with Gasteiger partial charge in [0.2, 0.25) is 0 Å². The van der Waals surface area contributed by atoms with Gasteiger partial charge in [-0.3, -0.25) is 0 Å². The van der Waals surface area contributed by atoms with Crippen LogP contribution in [0.2, 0.25) is 4.34 Å². The van der Waals surface area contributed by atoms with E-state index in [1.54, 1.807) is 12.1 Å². The van der Waals surface area contributed by atoms with Crippen LogP contribution in [0, 0.1) is 0 Å². The molecule has 0 saturated carbocycles. The minimum absolute atomic E-state index is 0.345. The molecule has 1 aromatic carbocycles. The smallest absolute Gasteiger partial charge is 0.339 e. The molecule has 0 atom stereocenters. The number of esters is 1. The van der Waals surface area contributed by atoms with Crippen molar-refractivity contribution in [3.05, 3.63) is 51.2 Å². The van der Waals surface area contributed by atoms with Gasteiger partial charge in [-0.25, -0.2) is 4.79 Å². The molecule has 18 heavy (non-hydrogen) atoms. The normalized spacial score (nSPS) is 10.1. The SMILES string of the molecule is COC(=O)c1ccccc1NCc1ccc(Cl)s1. The number of benzene rings is 1. The van der Waals surface area contributed by atoms with Crippen molar-refractivity contribution in [1.82, 2.24) is 0 Å². The van der Waals surface area contributed by atoms with E-state index in [-0.39, 0.29) is 5.97 Å². The monoisotopic (exact) mass is 281 g/mol. The molecule has 0 amide bonds. The number of halogens is 1. The van der Waals surface area contributed by atoms with Crippen molar-refractivity contribution in [1.29, 1.82) is 0 Å². The summed E-state index contributed by atoms with van der Waals surface area (Å²) in [6, 6.07) is 11.1. The number of ether oxygens (including phenoxy) is 1. The fourth-order valence-electron chi connectivity index (χ4n) is 1.55. The Morgan fingerprint density at radius 3 is 2.78 bits per heavy atom. The van der Waals surface area contributed by atoms with Gasteiger partial charge in [0, 0.05) is 17.1 Å². The molecule has 1 heterocycles. The van der Waals surface area contributed by atoms with Crippen molar-refractivity contribution in [3.8, 4) is 0 Å². The first-order valence-corrected chi connectivity index (χ1v) is 6.55. The third kappa shape index (κ3) is 3.03. The van der Waals surface area contributed by atoms with Gasteiger partial charge in [0.25, 0.3) is 0 Å². The molecule has 0 unspecified atom stereocenters. The van der Waals surface area contributed by atoms with Crippen molar-refractivity contribution < 1.29 is 9.53 Å². The highest BCUT2D eigenvalue weighted by Crippen LogP contribution is 2.23. The first kappa shape index (κ1) is 12.9. The number of anilines is 1. The Labute approximate surface area is 114 Å². The lowest BCUT2D eigenvalue weighted by molar-refractivity contribution is 0.0602. The van der Waals surface area contributed by atoms with Gasteiger partial charge in [0.1, 0.15) is 0 Å². The first-order chi connectivity index (χ1) is 8.70. The van der Waals surface area contributed by atoms with E-state index < -0.39 is 0 Å². The topological polar surface area (TPSA) is 38.3 Å². The van der Waals surface area contributed by atoms with Crippen molar-refractivity contribution in [3.63, 3.8) is 0 Å². The number of methoxy groups -OCH3 is 1. The summed E-state index contributed by atoms with van der Waals surface area (Å²) in [6.45, 7) is 0.630. The van der Waals surface area contributed by atoms with E-state index in [0.717, 1.165) is 14.9 Å².